The van der Waals surface area contributed by atoms with Gasteiger partial charge in [0.05, 0.1) is 31.7 Å². The molecule has 9 rings (SSSR count). The molecule has 2 aliphatic rings. The van der Waals surface area contributed by atoms with E-state index in [9.17, 15) is 5.11 Å². The van der Waals surface area contributed by atoms with Crippen LogP contribution < -0.4 is 30.8 Å². The van der Waals surface area contributed by atoms with Crippen LogP contribution in [0.4, 0.5) is 17.1 Å². The molecule has 0 atom stereocenters. The second-order valence-electron chi connectivity index (χ2n) is 10.5. The lowest BCUT2D eigenvalue weighted by Gasteiger charge is -2.35. The van der Waals surface area contributed by atoms with Crippen molar-refractivity contribution in [3.05, 3.63) is 163 Å². The Bertz CT molecular complexity index is 3040. The van der Waals surface area contributed by atoms with Crippen LogP contribution in [-0.4, -0.2) is 11.8 Å². The van der Waals surface area contributed by atoms with Crippen LogP contribution in [0.3, 0.4) is 0 Å². The Morgan fingerprint density at radius 2 is 1.00 bits per heavy atom. The van der Waals surface area contributed by atoms with Gasteiger partial charge in [0.25, 0.3) is 6.71 Å². The SMILES string of the molecule is [2H]c1c([2H])c([2H])c(-c2ccc3c(c2)B2c4cc(-c5c([2H])c([2H])c([2H])c([2H])c5[2H])ccc4Oc4cc(N(c5c([2H])c([2H])c([2H])c([2H])c5[2H])c5c([2H])c([2H])c([2H])c(O)c5[2H])cc(c42)O3)c([2H])c1[2H]. The lowest BCUT2D eigenvalue weighted by atomic mass is 9.34. The van der Waals surface area contributed by atoms with E-state index in [1.165, 1.54) is 36.4 Å². The summed E-state index contributed by atoms with van der Waals surface area (Å²) in [5.41, 5.74) is -0.208. The summed E-state index contributed by atoms with van der Waals surface area (Å²) in [6, 6.07) is -0.920. The van der Waals surface area contributed by atoms with Gasteiger partial charge in [-0.3, -0.25) is 0 Å². The number of benzene rings is 7. The quantitative estimate of drug-likeness (QED) is 0.194. The summed E-state index contributed by atoms with van der Waals surface area (Å²) in [6.45, 7) is -0.954. The van der Waals surface area contributed by atoms with Crippen LogP contribution in [0, 0.1) is 0 Å². The molecule has 2 aliphatic heterocycles. The van der Waals surface area contributed by atoms with Crippen molar-refractivity contribution in [3.63, 3.8) is 0 Å². The summed E-state index contributed by atoms with van der Waals surface area (Å²) in [6.07, 6.45) is 0. The fraction of sp³-hybridized carbons (Fsp3) is 0. The van der Waals surface area contributed by atoms with Gasteiger partial charge in [-0.25, -0.2) is 0 Å². The molecule has 0 fully saturated rings. The number of anilines is 3. The van der Waals surface area contributed by atoms with Crippen LogP contribution in [0.15, 0.2) is 163 Å². The van der Waals surface area contributed by atoms with Crippen molar-refractivity contribution in [2.45, 2.75) is 0 Å². The largest absolute Gasteiger partial charge is 0.508 e. The van der Waals surface area contributed by atoms with E-state index in [1.807, 2.05) is 0 Å². The summed E-state index contributed by atoms with van der Waals surface area (Å²) in [5, 5.41) is 10.9. The lowest BCUT2D eigenvalue weighted by molar-refractivity contribution is 0.465. The first-order valence-electron chi connectivity index (χ1n) is 23.7. The molecule has 5 heteroatoms. The van der Waals surface area contributed by atoms with Gasteiger partial charge in [0, 0.05) is 35.0 Å². The summed E-state index contributed by atoms with van der Waals surface area (Å²) < 4.78 is 175. The van der Waals surface area contributed by atoms with E-state index >= 15 is 0 Å². The molecule has 0 aliphatic carbocycles. The monoisotopic (exact) mass is 624 g/mol. The number of hydrogen-bond donors (Lipinski definition) is 1. The van der Waals surface area contributed by atoms with Gasteiger partial charge in [-0.15, -0.1) is 0 Å². The number of phenols is 1. The molecule has 7 aromatic rings. The highest BCUT2D eigenvalue weighted by Gasteiger charge is 2.41. The van der Waals surface area contributed by atoms with Crippen LogP contribution >= 0.6 is 0 Å². The molecule has 0 bridgehead atoms. The minimum absolute atomic E-state index is 0.00252. The van der Waals surface area contributed by atoms with Crippen LogP contribution in [0.2, 0.25) is 0 Å². The Morgan fingerprint density at radius 3 is 1.55 bits per heavy atom. The van der Waals surface area contributed by atoms with Crippen molar-refractivity contribution in [2.75, 3.05) is 4.90 Å². The number of nitrogens with zero attached hydrogens (tertiary/aromatic N) is 1. The Kier molecular flexibility index (Phi) is 3.29. The van der Waals surface area contributed by atoms with Crippen molar-refractivity contribution >= 4 is 40.2 Å². The third-order valence-electron chi connectivity index (χ3n) is 7.83. The fourth-order valence-electron chi connectivity index (χ4n) is 5.88. The van der Waals surface area contributed by atoms with Gasteiger partial charge < -0.3 is 19.5 Å². The zero-order valence-electron chi connectivity index (χ0n) is 42.9. The van der Waals surface area contributed by atoms with Gasteiger partial charge in [0.1, 0.15) is 28.7 Å². The number of phenolic OH excluding ortho intramolecular Hbond substituents is 1. The first kappa shape index (κ1) is 14.1. The summed E-state index contributed by atoms with van der Waals surface area (Å²) in [5.74, 6) is -0.735. The van der Waals surface area contributed by atoms with E-state index in [2.05, 4.69) is 0 Å². The van der Waals surface area contributed by atoms with Crippen molar-refractivity contribution < 1.29 is 40.6 Å². The van der Waals surface area contributed by atoms with E-state index in [-0.39, 0.29) is 56.4 Å². The van der Waals surface area contributed by atoms with Crippen LogP contribution in [-0.2, 0) is 0 Å². The zero-order chi connectivity index (χ0) is 47.9. The van der Waals surface area contributed by atoms with E-state index in [1.54, 1.807) is 12.1 Å². The van der Waals surface area contributed by atoms with Gasteiger partial charge in [0.15, 0.2) is 0 Å². The average Bonchev–Trinajstić information content (AvgIpc) is 3.30. The molecule has 1 N–H and O–H groups in total. The molecule has 0 saturated heterocycles. The number of fused-ring (bicyclic) bond motifs is 4. The molecule has 0 aromatic heterocycles. The van der Waals surface area contributed by atoms with E-state index in [0.29, 0.717) is 10.9 Å². The predicted octanol–water partition coefficient (Wildman–Crippen LogP) is 8.92. The van der Waals surface area contributed by atoms with E-state index < -0.39 is 139 Å². The highest BCUT2D eigenvalue weighted by Crippen LogP contribution is 2.43. The minimum Gasteiger partial charge on any atom is -0.508 e. The Morgan fingerprint density at radius 1 is 0.489 bits per heavy atom. The van der Waals surface area contributed by atoms with Gasteiger partial charge in [-0.05, 0) is 69.5 Å². The number of ether oxygens (including phenoxy) is 2. The van der Waals surface area contributed by atoms with Crippen molar-refractivity contribution in [3.8, 4) is 51.0 Å². The fourth-order valence-corrected chi connectivity index (χ4v) is 5.88. The van der Waals surface area contributed by atoms with Gasteiger partial charge >= 0.3 is 0 Å². The maximum Gasteiger partial charge on any atom is 0.260 e. The molecule has 0 radical (unpaired) electrons. The molecule has 0 spiro atoms. The maximum absolute atomic E-state index is 10.9. The van der Waals surface area contributed by atoms with Gasteiger partial charge in [-0.2, -0.15) is 0 Å². The summed E-state index contributed by atoms with van der Waals surface area (Å²) in [4.78, 5) is 0.911. The number of hydrogen-bond acceptors (Lipinski definition) is 4. The van der Waals surface area contributed by atoms with Gasteiger partial charge in [-0.1, -0.05) is 109 Å². The first-order valence-corrected chi connectivity index (χ1v) is 14.2. The normalized spacial score (nSPS) is 17.9. The standard InChI is InChI=1S/C42H28BNO3/c45-35-18-10-17-33(25-35)44(32-15-8-3-9-16-32)34-26-40-42-41(27-34)47-39-22-20-31(29-13-6-2-7-14-29)24-37(39)43(42)36-23-30(19-21-38(36)46-40)28-11-4-1-5-12-28/h1-27,45H/i1D,2D,3D,4D,5D,6D,7D,8D,9D,10D,11D,12D,13D,14D,15D,16D,17D,18D,25D. The average molecular weight is 625 g/mol. The molecule has 0 unspecified atom stereocenters. The predicted molar refractivity (Wildman–Crippen MR) is 191 cm³/mol. The topological polar surface area (TPSA) is 41.9 Å². The molecule has 4 nitrogen and oxygen atoms in total. The van der Waals surface area contributed by atoms with Crippen LogP contribution in [0.1, 0.15) is 26.0 Å². The Hall–Kier alpha value is -6.20. The lowest BCUT2D eigenvalue weighted by Crippen LogP contribution is -2.57. The minimum atomic E-state index is -1.03. The first-order chi connectivity index (χ1) is 31.1. The zero-order valence-corrected chi connectivity index (χ0v) is 23.9. The van der Waals surface area contributed by atoms with Gasteiger partial charge in [0.2, 0.25) is 0 Å². The molecule has 222 valence electrons. The highest BCUT2D eigenvalue weighted by atomic mass is 16.5. The molecule has 0 saturated carbocycles. The maximum atomic E-state index is 10.9. The third-order valence-corrected chi connectivity index (χ3v) is 7.83. The number of rotatable bonds is 5. The van der Waals surface area contributed by atoms with Crippen molar-refractivity contribution in [1.82, 2.24) is 0 Å². The Balaban J connectivity index is 1.35. The summed E-state index contributed by atoms with van der Waals surface area (Å²) >= 11 is 0. The molecule has 2 heterocycles. The molecular formula is C42H28BNO3. The molecule has 0 amide bonds. The van der Waals surface area contributed by atoms with E-state index in [0.717, 1.165) is 4.90 Å². The van der Waals surface area contributed by atoms with Crippen molar-refractivity contribution in [2.24, 2.45) is 0 Å². The van der Waals surface area contributed by atoms with E-state index in [4.69, 9.17) is 35.5 Å². The second kappa shape index (κ2) is 11.0. The van der Waals surface area contributed by atoms with Crippen LogP contribution in [0.5, 0.6) is 28.7 Å². The number of para-hydroxylation sites is 1. The summed E-state index contributed by atoms with van der Waals surface area (Å²) in [7, 11) is 0. The molecule has 7 aromatic carbocycles. The molecule has 47 heavy (non-hydrogen) atoms. The number of aromatic hydroxyl groups is 1. The second-order valence-corrected chi connectivity index (χ2v) is 10.5. The third kappa shape index (κ3) is 4.72. The Labute approximate surface area is 300 Å². The highest BCUT2D eigenvalue weighted by molar-refractivity contribution is 6.98. The smallest absolute Gasteiger partial charge is 0.260 e. The molecular weight excluding hydrogens is 577 g/mol. The van der Waals surface area contributed by atoms with Crippen LogP contribution in [0.25, 0.3) is 22.3 Å². The van der Waals surface area contributed by atoms with Crippen molar-refractivity contribution in [1.29, 1.82) is 0 Å².